The van der Waals surface area contributed by atoms with Gasteiger partial charge in [0.1, 0.15) is 11.4 Å². The van der Waals surface area contributed by atoms with Crippen molar-refractivity contribution < 1.29 is 4.74 Å². The van der Waals surface area contributed by atoms with Gasteiger partial charge in [0.25, 0.3) is 0 Å². The maximum atomic E-state index is 5.67. The Labute approximate surface area is 83.3 Å². The number of pyridine rings is 1. The van der Waals surface area contributed by atoms with Gasteiger partial charge < -0.3 is 9.14 Å². The van der Waals surface area contributed by atoms with E-state index in [4.69, 9.17) is 4.74 Å². The monoisotopic (exact) mass is 190 g/mol. The summed E-state index contributed by atoms with van der Waals surface area (Å²) in [5.41, 5.74) is 2.08. The summed E-state index contributed by atoms with van der Waals surface area (Å²) >= 11 is 0. The van der Waals surface area contributed by atoms with Crippen molar-refractivity contribution in [1.82, 2.24) is 9.38 Å². The topological polar surface area (TPSA) is 26.5 Å². The van der Waals surface area contributed by atoms with Crippen molar-refractivity contribution >= 4 is 5.65 Å². The molecule has 2 aromatic rings. The minimum atomic E-state index is 0.203. The molecule has 0 fully saturated rings. The summed E-state index contributed by atoms with van der Waals surface area (Å²) < 4.78 is 7.64. The van der Waals surface area contributed by atoms with Gasteiger partial charge in [-0.05, 0) is 32.4 Å². The lowest BCUT2D eigenvalue weighted by atomic mass is 10.2. The Bertz CT molecular complexity index is 445. The molecule has 2 rings (SSSR count). The van der Waals surface area contributed by atoms with E-state index in [2.05, 4.69) is 4.98 Å². The van der Waals surface area contributed by atoms with E-state index in [1.165, 1.54) is 0 Å². The second-order valence-electron chi connectivity index (χ2n) is 3.68. The maximum Gasteiger partial charge on any atom is 0.139 e. The first kappa shape index (κ1) is 9.06. The molecule has 2 heterocycles. The largest absolute Gasteiger partial charge is 0.489 e. The van der Waals surface area contributed by atoms with Crippen molar-refractivity contribution in [3.63, 3.8) is 0 Å². The van der Waals surface area contributed by atoms with Crippen LogP contribution in [0.5, 0.6) is 5.75 Å². The summed E-state index contributed by atoms with van der Waals surface area (Å²) in [4.78, 5) is 4.21. The molecule has 14 heavy (non-hydrogen) atoms. The Morgan fingerprint density at radius 1 is 1.43 bits per heavy atom. The van der Waals surface area contributed by atoms with Crippen LogP contribution in [0.3, 0.4) is 0 Å². The average molecular weight is 190 g/mol. The quantitative estimate of drug-likeness (QED) is 0.727. The Balaban J connectivity index is 2.48. The third-order valence-electron chi connectivity index (χ3n) is 2.05. The smallest absolute Gasteiger partial charge is 0.139 e. The third-order valence-corrected chi connectivity index (χ3v) is 2.05. The predicted molar refractivity (Wildman–Crippen MR) is 55.7 cm³/mol. The van der Waals surface area contributed by atoms with Crippen molar-refractivity contribution in [3.05, 3.63) is 30.2 Å². The zero-order chi connectivity index (χ0) is 10.1. The molecule has 0 radical (unpaired) electrons. The van der Waals surface area contributed by atoms with Crippen molar-refractivity contribution in [3.8, 4) is 5.75 Å². The number of aryl methyl sites for hydroxylation is 1. The number of nitrogens with zero attached hydrogens (tertiary/aromatic N) is 2. The van der Waals surface area contributed by atoms with Crippen LogP contribution in [0.4, 0.5) is 0 Å². The van der Waals surface area contributed by atoms with Crippen LogP contribution in [0.15, 0.2) is 24.7 Å². The van der Waals surface area contributed by atoms with Gasteiger partial charge >= 0.3 is 0 Å². The van der Waals surface area contributed by atoms with Crippen molar-refractivity contribution in [2.24, 2.45) is 0 Å². The minimum Gasteiger partial charge on any atom is -0.489 e. The highest BCUT2D eigenvalue weighted by molar-refractivity contribution is 5.46. The summed E-state index contributed by atoms with van der Waals surface area (Å²) in [7, 11) is 0. The van der Waals surface area contributed by atoms with Crippen LogP contribution in [0, 0.1) is 6.92 Å². The van der Waals surface area contributed by atoms with Gasteiger partial charge in [-0.25, -0.2) is 4.98 Å². The molecule has 0 aliphatic carbocycles. The second-order valence-corrected chi connectivity index (χ2v) is 3.68. The molecule has 2 aromatic heterocycles. The molecule has 0 saturated heterocycles. The molecule has 0 amide bonds. The van der Waals surface area contributed by atoms with Gasteiger partial charge in [0, 0.05) is 12.4 Å². The van der Waals surface area contributed by atoms with Gasteiger partial charge in [-0.1, -0.05) is 0 Å². The van der Waals surface area contributed by atoms with Crippen LogP contribution in [-0.2, 0) is 0 Å². The molecule has 3 nitrogen and oxygen atoms in total. The molecular formula is C11H14N2O. The minimum absolute atomic E-state index is 0.203. The summed E-state index contributed by atoms with van der Waals surface area (Å²) in [6.07, 6.45) is 5.88. The van der Waals surface area contributed by atoms with Gasteiger partial charge in [0.2, 0.25) is 0 Å². The molecule has 0 aromatic carbocycles. The number of imidazole rings is 1. The second kappa shape index (κ2) is 3.33. The van der Waals surface area contributed by atoms with Crippen LogP contribution in [-0.4, -0.2) is 15.5 Å². The lowest BCUT2D eigenvalue weighted by Gasteiger charge is -2.12. The van der Waals surface area contributed by atoms with Crippen molar-refractivity contribution in [1.29, 1.82) is 0 Å². The first-order chi connectivity index (χ1) is 6.66. The van der Waals surface area contributed by atoms with E-state index in [0.717, 1.165) is 17.0 Å². The summed E-state index contributed by atoms with van der Waals surface area (Å²) in [5, 5.41) is 0. The van der Waals surface area contributed by atoms with Gasteiger partial charge in [0.15, 0.2) is 0 Å². The van der Waals surface area contributed by atoms with E-state index in [9.17, 15) is 0 Å². The number of ether oxygens (including phenoxy) is 1. The standard InChI is InChI=1S/C11H14N2O/c1-8(2)14-10-7-13-5-4-12-11(13)6-9(10)3/h4-8H,1-3H3. The van der Waals surface area contributed by atoms with E-state index in [1.807, 2.05) is 43.6 Å². The predicted octanol–water partition coefficient (Wildman–Crippen LogP) is 2.43. The molecular weight excluding hydrogens is 176 g/mol. The fourth-order valence-corrected chi connectivity index (χ4v) is 1.42. The van der Waals surface area contributed by atoms with Crippen LogP contribution in [0.1, 0.15) is 19.4 Å². The molecule has 0 aliphatic heterocycles. The highest BCUT2D eigenvalue weighted by Gasteiger charge is 2.04. The maximum absolute atomic E-state index is 5.67. The first-order valence-corrected chi connectivity index (χ1v) is 4.77. The molecule has 0 spiro atoms. The zero-order valence-electron chi connectivity index (χ0n) is 8.69. The first-order valence-electron chi connectivity index (χ1n) is 4.77. The molecule has 0 aliphatic rings. The lowest BCUT2D eigenvalue weighted by Crippen LogP contribution is -2.07. The number of aromatic nitrogens is 2. The van der Waals surface area contributed by atoms with E-state index in [1.54, 1.807) is 6.20 Å². The third kappa shape index (κ3) is 1.58. The molecule has 0 N–H and O–H groups in total. The average Bonchev–Trinajstić information content (AvgIpc) is 2.51. The zero-order valence-corrected chi connectivity index (χ0v) is 8.69. The summed E-state index contributed by atoms with van der Waals surface area (Å²) in [5.74, 6) is 0.922. The Kier molecular flexibility index (Phi) is 2.15. The molecule has 0 atom stereocenters. The van der Waals surface area contributed by atoms with Crippen LogP contribution in [0.25, 0.3) is 5.65 Å². The number of hydrogen-bond donors (Lipinski definition) is 0. The number of rotatable bonds is 2. The van der Waals surface area contributed by atoms with Gasteiger partial charge in [-0.2, -0.15) is 0 Å². The van der Waals surface area contributed by atoms with Crippen LogP contribution < -0.4 is 4.74 Å². The SMILES string of the molecule is Cc1cc2nccn2cc1OC(C)C. The molecule has 74 valence electrons. The molecule has 0 saturated carbocycles. The van der Waals surface area contributed by atoms with E-state index in [0.29, 0.717) is 0 Å². The lowest BCUT2D eigenvalue weighted by molar-refractivity contribution is 0.239. The molecule has 0 unspecified atom stereocenters. The fraction of sp³-hybridized carbons (Fsp3) is 0.364. The summed E-state index contributed by atoms with van der Waals surface area (Å²) in [6, 6.07) is 2.03. The number of hydrogen-bond acceptors (Lipinski definition) is 2. The van der Waals surface area contributed by atoms with E-state index < -0.39 is 0 Å². The van der Waals surface area contributed by atoms with Crippen molar-refractivity contribution in [2.75, 3.05) is 0 Å². The molecule has 3 heteroatoms. The van der Waals surface area contributed by atoms with E-state index >= 15 is 0 Å². The van der Waals surface area contributed by atoms with E-state index in [-0.39, 0.29) is 6.10 Å². The van der Waals surface area contributed by atoms with Crippen molar-refractivity contribution in [2.45, 2.75) is 26.9 Å². The normalized spacial score (nSPS) is 11.1. The highest BCUT2D eigenvalue weighted by atomic mass is 16.5. The summed E-state index contributed by atoms with van der Waals surface area (Å²) in [6.45, 7) is 6.08. The Morgan fingerprint density at radius 3 is 2.93 bits per heavy atom. The Morgan fingerprint density at radius 2 is 2.21 bits per heavy atom. The number of fused-ring (bicyclic) bond motifs is 1. The molecule has 0 bridgehead atoms. The van der Waals surface area contributed by atoms with Gasteiger partial charge in [0.05, 0.1) is 12.3 Å². The van der Waals surface area contributed by atoms with Crippen LogP contribution in [0.2, 0.25) is 0 Å². The van der Waals surface area contributed by atoms with Crippen LogP contribution >= 0.6 is 0 Å². The fourth-order valence-electron chi connectivity index (χ4n) is 1.42. The van der Waals surface area contributed by atoms with Gasteiger partial charge in [-0.3, -0.25) is 0 Å². The Hall–Kier alpha value is -1.51. The van der Waals surface area contributed by atoms with Gasteiger partial charge in [-0.15, -0.1) is 0 Å². The highest BCUT2D eigenvalue weighted by Crippen LogP contribution is 2.20.